The fraction of sp³-hybridized carbons (Fsp3) is 0.211. The van der Waals surface area contributed by atoms with Crippen molar-refractivity contribution in [2.45, 2.75) is 13.3 Å². The Balaban J connectivity index is 1.65. The smallest absolute Gasteiger partial charge is 0.237 e. The molecule has 1 N–H and O–H groups in total. The Morgan fingerprint density at radius 2 is 2.04 bits per heavy atom. The van der Waals surface area contributed by atoms with Gasteiger partial charge in [0.2, 0.25) is 11.8 Å². The van der Waals surface area contributed by atoms with Crippen molar-refractivity contribution in [3.63, 3.8) is 0 Å². The van der Waals surface area contributed by atoms with E-state index in [2.05, 4.69) is 15.3 Å². The van der Waals surface area contributed by atoms with Gasteiger partial charge in [-0.25, -0.2) is 9.97 Å². The molecule has 0 saturated heterocycles. The molecule has 3 rings (SSSR count). The molecule has 3 aromatic rings. The molecule has 6 nitrogen and oxygen atoms in total. The predicted octanol–water partition coefficient (Wildman–Crippen LogP) is 3.79. The zero-order chi connectivity index (χ0) is 18.4. The first-order chi connectivity index (χ1) is 12.7. The standard InChI is InChI=1S/C19H19N3O3S/c1-3-25-15-8-6-13(7-9-15)19-21-14(12-26-19)11-17(23)22-16-5-4-10-20-18(16)24-2/h4-10,12H,3,11H2,1-2H3,(H,22,23). The van der Waals surface area contributed by atoms with Gasteiger partial charge in [0.1, 0.15) is 16.4 Å². The first-order valence-corrected chi connectivity index (χ1v) is 9.04. The van der Waals surface area contributed by atoms with Gasteiger partial charge in [-0.2, -0.15) is 0 Å². The van der Waals surface area contributed by atoms with E-state index >= 15 is 0 Å². The van der Waals surface area contributed by atoms with Gasteiger partial charge < -0.3 is 14.8 Å². The lowest BCUT2D eigenvalue weighted by Gasteiger charge is -2.07. The number of carbonyl (C=O) groups excluding carboxylic acids is 1. The summed E-state index contributed by atoms with van der Waals surface area (Å²) in [5, 5.41) is 5.57. The van der Waals surface area contributed by atoms with E-state index in [1.54, 1.807) is 18.3 Å². The number of methoxy groups -OCH3 is 1. The third kappa shape index (κ3) is 4.37. The number of thiazole rings is 1. The molecular weight excluding hydrogens is 350 g/mol. The molecule has 2 aromatic heterocycles. The molecule has 2 heterocycles. The molecule has 134 valence electrons. The highest BCUT2D eigenvalue weighted by Crippen LogP contribution is 2.26. The summed E-state index contributed by atoms with van der Waals surface area (Å²) in [4.78, 5) is 20.9. The van der Waals surface area contributed by atoms with Crippen LogP contribution in [0.25, 0.3) is 10.6 Å². The van der Waals surface area contributed by atoms with Crippen LogP contribution in [0.3, 0.4) is 0 Å². The van der Waals surface area contributed by atoms with Gasteiger partial charge in [-0.1, -0.05) is 0 Å². The van der Waals surface area contributed by atoms with Crippen LogP contribution in [0.1, 0.15) is 12.6 Å². The Morgan fingerprint density at radius 1 is 1.23 bits per heavy atom. The van der Waals surface area contributed by atoms with E-state index < -0.39 is 0 Å². The first-order valence-electron chi connectivity index (χ1n) is 8.16. The molecule has 0 spiro atoms. The lowest BCUT2D eigenvalue weighted by Crippen LogP contribution is -2.15. The quantitative estimate of drug-likeness (QED) is 0.686. The Kier molecular flexibility index (Phi) is 5.80. The molecule has 26 heavy (non-hydrogen) atoms. The molecule has 1 aromatic carbocycles. The van der Waals surface area contributed by atoms with Crippen LogP contribution in [0.2, 0.25) is 0 Å². The predicted molar refractivity (Wildman–Crippen MR) is 102 cm³/mol. The van der Waals surface area contributed by atoms with Crippen molar-refractivity contribution < 1.29 is 14.3 Å². The topological polar surface area (TPSA) is 73.3 Å². The van der Waals surface area contributed by atoms with Gasteiger partial charge in [0, 0.05) is 17.1 Å². The van der Waals surface area contributed by atoms with Gasteiger partial charge in [0.15, 0.2) is 0 Å². The summed E-state index contributed by atoms with van der Waals surface area (Å²) < 4.78 is 10.6. The number of amides is 1. The highest BCUT2D eigenvalue weighted by Gasteiger charge is 2.12. The number of hydrogen-bond donors (Lipinski definition) is 1. The van der Waals surface area contributed by atoms with Crippen LogP contribution < -0.4 is 14.8 Å². The van der Waals surface area contributed by atoms with Gasteiger partial charge in [-0.15, -0.1) is 11.3 Å². The van der Waals surface area contributed by atoms with Crippen LogP contribution in [0, 0.1) is 0 Å². The lowest BCUT2D eigenvalue weighted by atomic mass is 10.2. The van der Waals surface area contributed by atoms with E-state index in [-0.39, 0.29) is 12.3 Å². The van der Waals surface area contributed by atoms with Crippen molar-refractivity contribution in [3.05, 3.63) is 53.7 Å². The van der Waals surface area contributed by atoms with E-state index in [9.17, 15) is 4.79 Å². The van der Waals surface area contributed by atoms with Crippen LogP contribution in [-0.4, -0.2) is 29.6 Å². The number of hydrogen-bond acceptors (Lipinski definition) is 6. The molecule has 0 aliphatic carbocycles. The summed E-state index contributed by atoms with van der Waals surface area (Å²) in [6.07, 6.45) is 1.80. The number of carbonyl (C=O) groups is 1. The number of ether oxygens (including phenoxy) is 2. The maximum Gasteiger partial charge on any atom is 0.237 e. The van der Waals surface area contributed by atoms with Gasteiger partial charge >= 0.3 is 0 Å². The normalized spacial score (nSPS) is 10.4. The zero-order valence-electron chi connectivity index (χ0n) is 14.6. The summed E-state index contributed by atoms with van der Waals surface area (Å²) in [6, 6.07) is 11.3. The number of pyridine rings is 1. The number of nitrogens with one attached hydrogen (secondary N) is 1. The summed E-state index contributed by atoms with van der Waals surface area (Å²) in [7, 11) is 1.52. The zero-order valence-corrected chi connectivity index (χ0v) is 15.4. The molecule has 0 radical (unpaired) electrons. The van der Waals surface area contributed by atoms with Crippen molar-refractivity contribution in [1.82, 2.24) is 9.97 Å². The van der Waals surface area contributed by atoms with Crippen molar-refractivity contribution >= 4 is 22.9 Å². The molecule has 0 fully saturated rings. The Labute approximate surface area is 155 Å². The van der Waals surface area contributed by atoms with Gasteiger partial charge in [-0.3, -0.25) is 4.79 Å². The van der Waals surface area contributed by atoms with Crippen LogP contribution in [-0.2, 0) is 11.2 Å². The third-order valence-electron chi connectivity index (χ3n) is 3.54. The minimum atomic E-state index is -0.167. The van der Waals surface area contributed by atoms with Crippen molar-refractivity contribution in [2.75, 3.05) is 19.0 Å². The second-order valence-corrected chi connectivity index (χ2v) is 6.24. The molecule has 7 heteroatoms. The van der Waals surface area contributed by atoms with E-state index in [0.29, 0.717) is 18.2 Å². The molecule has 0 bridgehead atoms. The monoisotopic (exact) mass is 369 g/mol. The van der Waals surface area contributed by atoms with Crippen LogP contribution in [0.5, 0.6) is 11.6 Å². The number of benzene rings is 1. The average Bonchev–Trinajstić information content (AvgIpc) is 3.11. The summed E-state index contributed by atoms with van der Waals surface area (Å²) in [5.74, 6) is 1.05. The van der Waals surface area contributed by atoms with E-state index in [1.807, 2.05) is 36.6 Å². The lowest BCUT2D eigenvalue weighted by molar-refractivity contribution is -0.115. The Morgan fingerprint density at radius 3 is 2.77 bits per heavy atom. The molecule has 0 aliphatic heterocycles. The number of nitrogens with zero attached hydrogens (tertiary/aromatic N) is 2. The van der Waals surface area contributed by atoms with Gasteiger partial charge in [0.05, 0.1) is 25.8 Å². The summed E-state index contributed by atoms with van der Waals surface area (Å²) in [5.41, 5.74) is 2.26. The Bertz CT molecular complexity index is 878. The fourth-order valence-electron chi connectivity index (χ4n) is 2.39. The maximum absolute atomic E-state index is 12.3. The van der Waals surface area contributed by atoms with Crippen LogP contribution >= 0.6 is 11.3 Å². The summed E-state index contributed by atoms with van der Waals surface area (Å²) in [6.45, 7) is 2.59. The number of anilines is 1. The molecule has 0 aliphatic rings. The van der Waals surface area contributed by atoms with Gasteiger partial charge in [-0.05, 0) is 43.3 Å². The molecule has 0 saturated carbocycles. The molecule has 0 atom stereocenters. The summed E-state index contributed by atoms with van der Waals surface area (Å²) >= 11 is 1.51. The second-order valence-electron chi connectivity index (χ2n) is 5.39. The molecular formula is C19H19N3O3S. The molecule has 0 unspecified atom stereocenters. The second kappa shape index (κ2) is 8.44. The molecule has 1 amide bonds. The van der Waals surface area contributed by atoms with Gasteiger partial charge in [0.25, 0.3) is 0 Å². The Hall–Kier alpha value is -2.93. The minimum absolute atomic E-state index is 0.167. The number of rotatable bonds is 7. The third-order valence-corrected chi connectivity index (χ3v) is 4.48. The average molecular weight is 369 g/mol. The first kappa shape index (κ1) is 17.9. The van der Waals surface area contributed by atoms with Crippen LogP contribution in [0.4, 0.5) is 5.69 Å². The van der Waals surface area contributed by atoms with E-state index in [0.717, 1.165) is 22.0 Å². The van der Waals surface area contributed by atoms with E-state index in [1.165, 1.54) is 18.4 Å². The highest BCUT2D eigenvalue weighted by atomic mass is 32.1. The fourth-order valence-corrected chi connectivity index (χ4v) is 3.21. The number of aromatic nitrogens is 2. The minimum Gasteiger partial charge on any atom is -0.494 e. The SMILES string of the molecule is CCOc1ccc(-c2nc(CC(=O)Nc3cccnc3OC)cs2)cc1. The largest absolute Gasteiger partial charge is 0.494 e. The maximum atomic E-state index is 12.3. The van der Waals surface area contributed by atoms with Crippen molar-refractivity contribution in [1.29, 1.82) is 0 Å². The van der Waals surface area contributed by atoms with Crippen molar-refractivity contribution in [3.8, 4) is 22.2 Å². The van der Waals surface area contributed by atoms with E-state index in [4.69, 9.17) is 9.47 Å². The van der Waals surface area contributed by atoms with Crippen LogP contribution in [0.15, 0.2) is 48.0 Å². The highest BCUT2D eigenvalue weighted by molar-refractivity contribution is 7.13. The van der Waals surface area contributed by atoms with Crippen molar-refractivity contribution in [2.24, 2.45) is 0 Å².